The van der Waals surface area contributed by atoms with Gasteiger partial charge in [-0.25, -0.2) is 0 Å². The van der Waals surface area contributed by atoms with Crippen LogP contribution in [0.1, 0.15) is 0 Å². The molecule has 0 radical (unpaired) electrons. The molecule has 1 aromatic carbocycles. The highest BCUT2D eigenvalue weighted by Crippen LogP contribution is 2.36. The van der Waals surface area contributed by atoms with Gasteiger partial charge in [-0.2, -0.15) is 0 Å². The van der Waals surface area contributed by atoms with Crippen LogP contribution in [0.3, 0.4) is 0 Å². The van der Waals surface area contributed by atoms with E-state index in [1.54, 1.807) is 0 Å². The third-order valence-electron chi connectivity index (χ3n) is 3.42. The second-order valence-electron chi connectivity index (χ2n) is 4.61. The minimum atomic E-state index is -1.50. The second-order valence-corrected chi connectivity index (χ2v) is 8.44. The Kier molecular flexibility index (Phi) is 3.03. The highest BCUT2D eigenvalue weighted by Gasteiger charge is 2.15. The average molecular weight is 328 g/mol. The molecule has 5 heteroatoms. The molecule has 3 aromatic heterocycles. The standard InChI is InChI=1S/C16H9O2PS2/c17-15-11-6-8-20-13(11)14-12(7-9-21-14)16(18)19(15)10-4-2-1-3-5-10/h1-9H. The summed E-state index contributed by atoms with van der Waals surface area (Å²) < 4.78 is 1.89. The largest absolute Gasteiger partial charge is 0.284 e. The van der Waals surface area contributed by atoms with Crippen molar-refractivity contribution in [1.82, 2.24) is 0 Å². The summed E-state index contributed by atoms with van der Waals surface area (Å²) in [5.41, 5.74) is 0. The molecular weight excluding hydrogens is 319 g/mol. The van der Waals surface area contributed by atoms with Crippen molar-refractivity contribution in [3.63, 3.8) is 0 Å². The van der Waals surface area contributed by atoms with Crippen molar-refractivity contribution in [3.8, 4) is 5.30 Å². The molecule has 0 spiro atoms. The van der Waals surface area contributed by atoms with Crippen LogP contribution in [0.15, 0.2) is 62.8 Å². The summed E-state index contributed by atoms with van der Waals surface area (Å²) >= 11 is 3.07. The maximum atomic E-state index is 12.9. The number of thiophene rings is 2. The van der Waals surface area contributed by atoms with Crippen molar-refractivity contribution in [2.24, 2.45) is 0 Å². The van der Waals surface area contributed by atoms with Crippen LogP contribution < -0.4 is 10.3 Å². The molecule has 0 fully saturated rings. The molecule has 0 unspecified atom stereocenters. The summed E-state index contributed by atoms with van der Waals surface area (Å²) in [4.78, 5) is 25.8. The van der Waals surface area contributed by atoms with Crippen molar-refractivity contribution in [2.45, 2.75) is 0 Å². The summed E-state index contributed by atoms with van der Waals surface area (Å²) in [6.07, 6.45) is 0. The fourth-order valence-electron chi connectivity index (χ4n) is 2.45. The van der Waals surface area contributed by atoms with E-state index in [-0.39, 0.29) is 10.3 Å². The van der Waals surface area contributed by atoms with Crippen LogP contribution in [0, 0.1) is 0 Å². The quantitative estimate of drug-likeness (QED) is 0.502. The lowest BCUT2D eigenvalue weighted by molar-refractivity contribution is 1.75. The van der Waals surface area contributed by atoms with Gasteiger partial charge in [0.2, 0.25) is 10.3 Å². The molecule has 102 valence electrons. The van der Waals surface area contributed by atoms with Gasteiger partial charge in [0.05, 0.1) is 9.40 Å². The molecule has 3 heterocycles. The Balaban J connectivity index is 2.35. The van der Waals surface area contributed by atoms with E-state index in [0.29, 0.717) is 10.8 Å². The zero-order chi connectivity index (χ0) is 14.4. The molecule has 0 aliphatic rings. The van der Waals surface area contributed by atoms with Gasteiger partial charge >= 0.3 is 0 Å². The van der Waals surface area contributed by atoms with Gasteiger partial charge in [0.1, 0.15) is 0 Å². The topological polar surface area (TPSA) is 34.1 Å². The van der Waals surface area contributed by atoms with Crippen LogP contribution in [0.4, 0.5) is 0 Å². The number of hydrogen-bond donors (Lipinski definition) is 0. The molecule has 21 heavy (non-hydrogen) atoms. The predicted octanol–water partition coefficient (Wildman–Crippen LogP) is 4.81. The van der Waals surface area contributed by atoms with Crippen LogP contribution >= 0.6 is 30.2 Å². The van der Waals surface area contributed by atoms with Gasteiger partial charge in [0.15, 0.2) is 0 Å². The van der Waals surface area contributed by atoms with E-state index in [4.69, 9.17) is 0 Å². The molecule has 0 bridgehead atoms. The van der Waals surface area contributed by atoms with Gasteiger partial charge < -0.3 is 0 Å². The molecule has 0 N–H and O–H groups in total. The molecule has 0 saturated heterocycles. The lowest BCUT2D eigenvalue weighted by Crippen LogP contribution is -2.02. The van der Waals surface area contributed by atoms with Crippen LogP contribution in [0.2, 0.25) is 0 Å². The molecular formula is C16H9O2PS2. The summed E-state index contributed by atoms with van der Waals surface area (Å²) in [7, 11) is -1.50. The fourth-order valence-corrected chi connectivity index (χ4v) is 6.56. The summed E-state index contributed by atoms with van der Waals surface area (Å²) in [6, 6.07) is 13.1. The first-order valence-electron chi connectivity index (χ1n) is 6.36. The van der Waals surface area contributed by atoms with Crippen molar-refractivity contribution >= 4 is 50.4 Å². The number of benzene rings is 1. The van der Waals surface area contributed by atoms with Crippen molar-refractivity contribution in [1.29, 1.82) is 0 Å². The number of rotatable bonds is 1. The number of fused-ring (bicyclic) bond motifs is 3. The Morgan fingerprint density at radius 2 is 1.24 bits per heavy atom. The van der Waals surface area contributed by atoms with E-state index < -0.39 is 7.53 Å². The Labute approximate surface area is 129 Å². The van der Waals surface area contributed by atoms with E-state index in [9.17, 15) is 9.59 Å². The van der Waals surface area contributed by atoms with Gasteiger partial charge in [-0.3, -0.25) is 9.59 Å². The van der Waals surface area contributed by atoms with Crippen molar-refractivity contribution in [2.75, 3.05) is 0 Å². The first kappa shape index (κ1) is 13.0. The molecule has 0 amide bonds. The fraction of sp³-hybridized carbons (Fsp3) is 0. The van der Waals surface area contributed by atoms with E-state index in [2.05, 4.69) is 0 Å². The second kappa shape index (κ2) is 4.92. The van der Waals surface area contributed by atoms with Gasteiger partial charge in [0, 0.05) is 23.6 Å². The lowest BCUT2D eigenvalue weighted by Gasteiger charge is -1.96. The van der Waals surface area contributed by atoms with Gasteiger partial charge in [-0.1, -0.05) is 30.3 Å². The minimum absolute atomic E-state index is 0.0270. The normalized spacial score (nSPS) is 11.2. The van der Waals surface area contributed by atoms with Gasteiger partial charge in [0.25, 0.3) is 0 Å². The van der Waals surface area contributed by atoms with Crippen LogP contribution in [-0.2, 0) is 0 Å². The maximum Gasteiger partial charge on any atom is 0.213 e. The Morgan fingerprint density at radius 1 is 0.714 bits per heavy atom. The van der Waals surface area contributed by atoms with Crippen LogP contribution in [0.25, 0.3) is 25.5 Å². The first-order chi connectivity index (χ1) is 10.3. The molecule has 0 aliphatic heterocycles. The SMILES string of the molecule is O=c1c2ccsc2c2sccc2c(=O)p1-c1ccccc1. The van der Waals surface area contributed by atoms with E-state index in [1.807, 2.05) is 53.2 Å². The summed E-state index contributed by atoms with van der Waals surface area (Å²) in [5, 5.41) is 6.04. The monoisotopic (exact) mass is 328 g/mol. The average Bonchev–Trinajstić information content (AvgIpc) is 3.15. The van der Waals surface area contributed by atoms with E-state index >= 15 is 0 Å². The Bertz CT molecular complexity index is 1010. The smallest absolute Gasteiger partial charge is 0.213 e. The zero-order valence-electron chi connectivity index (χ0n) is 10.8. The lowest BCUT2D eigenvalue weighted by atomic mass is 10.3. The summed E-state index contributed by atoms with van der Waals surface area (Å²) in [5.74, 6) is 0. The third kappa shape index (κ3) is 1.91. The first-order valence-corrected chi connectivity index (χ1v) is 9.46. The third-order valence-corrected chi connectivity index (χ3v) is 7.52. The highest BCUT2D eigenvalue weighted by molar-refractivity contribution is 7.55. The minimum Gasteiger partial charge on any atom is -0.284 e. The van der Waals surface area contributed by atoms with Crippen molar-refractivity contribution < 1.29 is 0 Å². The Morgan fingerprint density at radius 3 is 1.76 bits per heavy atom. The molecule has 2 nitrogen and oxygen atoms in total. The molecule has 0 atom stereocenters. The molecule has 4 rings (SSSR count). The van der Waals surface area contributed by atoms with Crippen LogP contribution in [-0.4, -0.2) is 0 Å². The van der Waals surface area contributed by atoms with E-state index in [1.165, 1.54) is 22.7 Å². The van der Waals surface area contributed by atoms with Crippen molar-refractivity contribution in [3.05, 3.63) is 73.1 Å². The number of hydrogen-bond acceptors (Lipinski definition) is 4. The van der Waals surface area contributed by atoms with Gasteiger partial charge in [-0.15, -0.1) is 22.7 Å². The predicted molar refractivity (Wildman–Crippen MR) is 93.8 cm³/mol. The maximum absolute atomic E-state index is 12.9. The summed E-state index contributed by atoms with van der Waals surface area (Å²) in [6.45, 7) is 0. The van der Waals surface area contributed by atoms with Gasteiger partial charge in [-0.05, 0) is 22.9 Å². The zero-order valence-corrected chi connectivity index (χ0v) is 13.3. The molecule has 4 aromatic rings. The molecule has 0 aliphatic carbocycles. The molecule has 0 saturated carbocycles. The van der Waals surface area contributed by atoms with E-state index in [0.717, 1.165) is 14.7 Å². The highest BCUT2D eigenvalue weighted by atomic mass is 32.1. The Hall–Kier alpha value is -1.74. The van der Waals surface area contributed by atoms with Crippen LogP contribution in [0.5, 0.6) is 0 Å².